The fourth-order valence-corrected chi connectivity index (χ4v) is 4.79. The number of methoxy groups -OCH3 is 1. The van der Waals surface area contributed by atoms with Crippen LogP contribution in [0, 0.1) is 5.92 Å². The van der Waals surface area contributed by atoms with Crippen LogP contribution in [0.2, 0.25) is 0 Å². The second-order valence-electron chi connectivity index (χ2n) is 8.83. The van der Waals surface area contributed by atoms with E-state index in [-0.39, 0.29) is 6.03 Å². The van der Waals surface area contributed by atoms with Gasteiger partial charge in [0.1, 0.15) is 5.75 Å². The van der Waals surface area contributed by atoms with Gasteiger partial charge in [-0.05, 0) is 68.5 Å². The van der Waals surface area contributed by atoms with E-state index >= 15 is 0 Å². The monoisotopic (exact) mass is 463 g/mol. The smallest absolute Gasteiger partial charge is 0.338 e. The fraction of sp³-hybridized carbons (Fsp3) is 0.407. The van der Waals surface area contributed by atoms with Crippen LogP contribution >= 0.6 is 0 Å². The summed E-state index contributed by atoms with van der Waals surface area (Å²) in [6, 6.07) is 17.1. The molecular weight excluding hydrogens is 430 g/mol. The summed E-state index contributed by atoms with van der Waals surface area (Å²) >= 11 is 0. The zero-order valence-corrected chi connectivity index (χ0v) is 19.9. The molecule has 0 radical (unpaired) electrons. The minimum absolute atomic E-state index is 0.319. The Bertz CT molecular complexity index is 1010. The van der Waals surface area contributed by atoms with Crippen molar-refractivity contribution in [3.63, 3.8) is 0 Å². The van der Waals surface area contributed by atoms with E-state index in [1.165, 1.54) is 12.7 Å². The van der Waals surface area contributed by atoms with Gasteiger partial charge in [0, 0.05) is 12.2 Å². The molecule has 2 N–H and O–H groups in total. The number of hydrogen-bond acceptors (Lipinski definition) is 5. The number of hydrogen-bond donors (Lipinski definition) is 2. The number of rotatable bonds is 8. The van der Waals surface area contributed by atoms with Crippen molar-refractivity contribution in [1.29, 1.82) is 0 Å². The minimum Gasteiger partial charge on any atom is -0.494 e. The van der Waals surface area contributed by atoms with Gasteiger partial charge in [-0.15, -0.1) is 0 Å². The molecule has 0 aromatic heterocycles. The molecular formula is C27H33N3O4. The van der Waals surface area contributed by atoms with Crippen LogP contribution in [0.5, 0.6) is 5.75 Å². The zero-order valence-electron chi connectivity index (χ0n) is 19.9. The van der Waals surface area contributed by atoms with E-state index in [0.717, 1.165) is 43.7 Å². The van der Waals surface area contributed by atoms with Crippen molar-refractivity contribution in [3.8, 4) is 5.75 Å². The number of carbonyl (C=O) groups is 2. The Morgan fingerprint density at radius 1 is 1.06 bits per heavy atom. The third kappa shape index (κ3) is 5.78. The average Bonchev–Trinajstić information content (AvgIpc) is 2.86. The third-order valence-corrected chi connectivity index (χ3v) is 6.54. The number of ether oxygens (including phenoxy) is 2. The van der Waals surface area contributed by atoms with Gasteiger partial charge in [-0.1, -0.05) is 42.5 Å². The number of benzene rings is 2. The van der Waals surface area contributed by atoms with Gasteiger partial charge in [0.05, 0.1) is 25.3 Å². The largest absolute Gasteiger partial charge is 0.494 e. The highest BCUT2D eigenvalue weighted by Gasteiger charge is 2.34. The third-order valence-electron chi connectivity index (χ3n) is 6.54. The summed E-state index contributed by atoms with van der Waals surface area (Å²) in [4.78, 5) is 27.7. The summed E-state index contributed by atoms with van der Waals surface area (Å²) in [5, 5.41) is 5.76. The predicted molar refractivity (Wildman–Crippen MR) is 130 cm³/mol. The topological polar surface area (TPSA) is 79.9 Å². The molecule has 4 rings (SSSR count). The van der Waals surface area contributed by atoms with Gasteiger partial charge >= 0.3 is 12.0 Å². The molecule has 0 bridgehead atoms. The molecule has 7 nitrogen and oxygen atoms in total. The fourth-order valence-electron chi connectivity index (χ4n) is 4.79. The lowest BCUT2D eigenvalue weighted by Crippen LogP contribution is -2.49. The van der Waals surface area contributed by atoms with Crippen molar-refractivity contribution in [2.75, 3.05) is 33.4 Å². The molecule has 2 aliphatic heterocycles. The average molecular weight is 464 g/mol. The van der Waals surface area contributed by atoms with E-state index in [1.54, 1.807) is 0 Å². The number of esters is 1. The normalized spacial score (nSPS) is 19.4. The molecule has 2 amide bonds. The Morgan fingerprint density at radius 3 is 2.41 bits per heavy atom. The van der Waals surface area contributed by atoms with Gasteiger partial charge in [-0.25, -0.2) is 9.59 Å². The van der Waals surface area contributed by atoms with Crippen LogP contribution in [0.15, 0.2) is 65.9 Å². The lowest BCUT2D eigenvalue weighted by molar-refractivity contribution is -0.136. The van der Waals surface area contributed by atoms with E-state index in [2.05, 4.69) is 39.8 Å². The second-order valence-corrected chi connectivity index (χ2v) is 8.83. The van der Waals surface area contributed by atoms with E-state index in [0.29, 0.717) is 30.3 Å². The molecule has 0 unspecified atom stereocenters. The molecule has 2 aromatic carbocycles. The van der Waals surface area contributed by atoms with Gasteiger partial charge < -0.3 is 20.1 Å². The maximum absolute atomic E-state index is 12.8. The lowest BCUT2D eigenvalue weighted by Gasteiger charge is -2.35. The minimum atomic E-state index is -0.581. The molecule has 0 saturated carbocycles. The Morgan fingerprint density at radius 2 is 1.76 bits per heavy atom. The summed E-state index contributed by atoms with van der Waals surface area (Å²) < 4.78 is 10.6. The Hall–Kier alpha value is -3.32. The highest BCUT2D eigenvalue weighted by molar-refractivity contribution is 5.95. The summed E-state index contributed by atoms with van der Waals surface area (Å²) in [7, 11) is 1.37. The first-order chi connectivity index (χ1) is 16.6. The lowest BCUT2D eigenvalue weighted by atomic mass is 9.89. The van der Waals surface area contributed by atoms with Gasteiger partial charge in [-0.2, -0.15) is 0 Å². The van der Waals surface area contributed by atoms with Gasteiger partial charge in [0.25, 0.3) is 0 Å². The van der Waals surface area contributed by atoms with Gasteiger partial charge in [0.15, 0.2) is 0 Å². The van der Waals surface area contributed by atoms with Crippen LogP contribution in [0.25, 0.3) is 0 Å². The van der Waals surface area contributed by atoms with Crippen LogP contribution in [-0.2, 0) is 16.0 Å². The molecule has 2 aliphatic rings. The Balaban J connectivity index is 1.49. The molecule has 180 valence electrons. The second kappa shape index (κ2) is 11.2. The molecule has 1 saturated heterocycles. The molecule has 1 atom stereocenters. The van der Waals surface area contributed by atoms with Crippen LogP contribution in [0.4, 0.5) is 4.79 Å². The Labute approximate surface area is 201 Å². The molecule has 2 aromatic rings. The Kier molecular flexibility index (Phi) is 7.85. The van der Waals surface area contributed by atoms with E-state index < -0.39 is 12.0 Å². The molecule has 0 aliphatic carbocycles. The van der Waals surface area contributed by atoms with Crippen LogP contribution in [-0.4, -0.2) is 50.3 Å². The van der Waals surface area contributed by atoms with E-state index in [4.69, 9.17) is 9.47 Å². The van der Waals surface area contributed by atoms with Crippen LogP contribution in [0.3, 0.4) is 0 Å². The molecule has 2 heterocycles. The zero-order chi connectivity index (χ0) is 23.9. The number of nitrogens with zero attached hydrogens (tertiary/aromatic N) is 1. The first-order valence-corrected chi connectivity index (χ1v) is 11.9. The highest BCUT2D eigenvalue weighted by Crippen LogP contribution is 2.30. The SMILES string of the molecule is CCOc1ccc([C@H]2NC(=O)NC(CN3CCC(Cc4ccccc4)CC3)=C2C(=O)OC)cc1. The summed E-state index contributed by atoms with van der Waals surface area (Å²) in [6.45, 7) is 4.85. The molecule has 1 fully saturated rings. The highest BCUT2D eigenvalue weighted by atomic mass is 16.5. The van der Waals surface area contributed by atoms with Gasteiger partial charge in [0.2, 0.25) is 0 Å². The summed E-state index contributed by atoms with van der Waals surface area (Å²) in [6.07, 6.45) is 3.26. The number of urea groups is 1. The first kappa shape index (κ1) is 23.8. The van der Waals surface area contributed by atoms with Crippen molar-refractivity contribution in [3.05, 3.63) is 77.0 Å². The van der Waals surface area contributed by atoms with Crippen molar-refractivity contribution in [2.45, 2.75) is 32.2 Å². The maximum Gasteiger partial charge on any atom is 0.338 e. The number of piperidine rings is 1. The van der Waals surface area contributed by atoms with E-state index in [1.807, 2.05) is 37.3 Å². The van der Waals surface area contributed by atoms with Crippen LogP contribution in [0.1, 0.15) is 36.9 Å². The van der Waals surface area contributed by atoms with Crippen molar-refractivity contribution in [1.82, 2.24) is 15.5 Å². The number of carbonyl (C=O) groups excluding carboxylic acids is 2. The number of amides is 2. The molecule has 7 heteroatoms. The summed E-state index contributed by atoms with van der Waals surface area (Å²) in [5.74, 6) is 0.945. The standard InChI is InChI=1S/C27H33N3O4/c1-3-34-22-11-9-21(10-12-22)25-24(26(31)33-2)23(28-27(32)29-25)18-30-15-13-20(14-16-30)17-19-7-5-4-6-8-19/h4-12,20,25H,3,13-18H2,1-2H3,(H2,28,29,32)/t25-/m1/s1. The maximum atomic E-state index is 12.8. The molecule has 0 spiro atoms. The number of nitrogens with one attached hydrogen (secondary N) is 2. The summed E-state index contributed by atoms with van der Waals surface area (Å²) in [5.41, 5.74) is 3.23. The van der Waals surface area contributed by atoms with Crippen molar-refractivity contribution >= 4 is 12.0 Å². The van der Waals surface area contributed by atoms with Crippen molar-refractivity contribution in [2.24, 2.45) is 5.92 Å². The number of likely N-dealkylation sites (tertiary alicyclic amines) is 1. The van der Waals surface area contributed by atoms with Crippen molar-refractivity contribution < 1.29 is 19.1 Å². The quantitative estimate of drug-likeness (QED) is 0.582. The predicted octanol–water partition coefficient (Wildman–Crippen LogP) is 3.82. The molecule has 34 heavy (non-hydrogen) atoms. The van der Waals surface area contributed by atoms with E-state index in [9.17, 15) is 9.59 Å². The van der Waals surface area contributed by atoms with Crippen LogP contribution < -0.4 is 15.4 Å². The first-order valence-electron chi connectivity index (χ1n) is 11.9. The van der Waals surface area contributed by atoms with Gasteiger partial charge in [-0.3, -0.25) is 4.90 Å².